The summed E-state index contributed by atoms with van der Waals surface area (Å²) in [7, 11) is 0. The molecule has 2 rings (SSSR count). The highest BCUT2D eigenvalue weighted by atomic mass is 35.5. The van der Waals surface area contributed by atoms with Crippen molar-refractivity contribution in [1.29, 1.82) is 5.26 Å². The fourth-order valence-electron chi connectivity index (χ4n) is 1.67. The van der Waals surface area contributed by atoms with Gasteiger partial charge in [0.05, 0.1) is 24.3 Å². The highest BCUT2D eigenvalue weighted by molar-refractivity contribution is 6.32. The number of ether oxygens (including phenoxy) is 1. The lowest BCUT2D eigenvalue weighted by molar-refractivity contribution is 0.0761. The minimum absolute atomic E-state index is 0.0202. The number of hydrogen-bond acceptors (Lipinski definition) is 6. The van der Waals surface area contributed by atoms with E-state index >= 15 is 0 Å². The summed E-state index contributed by atoms with van der Waals surface area (Å²) in [4.78, 5) is 0. The predicted octanol–water partition coefficient (Wildman–Crippen LogP) is 0.735. The molecule has 2 N–H and O–H groups in total. The summed E-state index contributed by atoms with van der Waals surface area (Å²) in [5, 5.41) is 35.3. The van der Waals surface area contributed by atoms with Crippen LogP contribution in [0.1, 0.15) is 11.4 Å². The molecule has 2 aromatic rings. The van der Waals surface area contributed by atoms with Crippen LogP contribution < -0.4 is 4.74 Å². The summed E-state index contributed by atoms with van der Waals surface area (Å²) >= 11 is 5.98. The lowest BCUT2D eigenvalue weighted by Crippen LogP contribution is -2.22. The number of benzene rings is 1. The number of hydrogen-bond donors (Lipinski definition) is 2. The first kappa shape index (κ1) is 15.3. The second kappa shape index (κ2) is 7.04. The summed E-state index contributed by atoms with van der Waals surface area (Å²) in [6.07, 6.45) is -0.989. The molecule has 0 amide bonds. The molecule has 1 atom stereocenters. The van der Waals surface area contributed by atoms with Crippen LogP contribution in [-0.4, -0.2) is 37.9 Å². The highest BCUT2D eigenvalue weighted by Gasteiger charge is 2.16. The predicted molar refractivity (Wildman–Crippen MR) is 73.6 cm³/mol. The Morgan fingerprint density at radius 1 is 1.43 bits per heavy atom. The van der Waals surface area contributed by atoms with E-state index in [0.717, 1.165) is 0 Å². The van der Waals surface area contributed by atoms with Crippen molar-refractivity contribution in [3.63, 3.8) is 0 Å². The zero-order valence-corrected chi connectivity index (χ0v) is 11.7. The number of aromatic nitrogens is 3. The average Bonchev–Trinajstić information content (AvgIpc) is 2.88. The number of para-hydroxylation sites is 1. The molecule has 1 heterocycles. The molecule has 110 valence electrons. The SMILES string of the molecule is N#Cc1nnn(CC(O)CO)c1COc1ccccc1Cl. The van der Waals surface area contributed by atoms with Crippen molar-refractivity contribution in [2.75, 3.05) is 6.61 Å². The van der Waals surface area contributed by atoms with Crippen molar-refractivity contribution in [3.05, 3.63) is 40.7 Å². The molecule has 0 radical (unpaired) electrons. The Hall–Kier alpha value is -2.14. The van der Waals surface area contributed by atoms with E-state index in [1.807, 2.05) is 6.07 Å². The molecular formula is C13H13ClN4O3. The largest absolute Gasteiger partial charge is 0.486 e. The maximum atomic E-state index is 9.46. The van der Waals surface area contributed by atoms with Crippen LogP contribution in [0.3, 0.4) is 0 Å². The van der Waals surface area contributed by atoms with Crippen molar-refractivity contribution >= 4 is 11.6 Å². The van der Waals surface area contributed by atoms with Gasteiger partial charge in [0.2, 0.25) is 0 Å². The zero-order valence-electron chi connectivity index (χ0n) is 11.0. The van der Waals surface area contributed by atoms with E-state index in [1.165, 1.54) is 4.68 Å². The van der Waals surface area contributed by atoms with Gasteiger partial charge >= 0.3 is 0 Å². The first-order valence-corrected chi connectivity index (χ1v) is 6.52. The second-order valence-corrected chi connectivity index (χ2v) is 4.64. The molecule has 0 bridgehead atoms. The molecule has 7 nitrogen and oxygen atoms in total. The van der Waals surface area contributed by atoms with Gasteiger partial charge in [-0.05, 0) is 12.1 Å². The van der Waals surface area contributed by atoms with Crippen molar-refractivity contribution < 1.29 is 14.9 Å². The molecule has 0 spiro atoms. The Balaban J connectivity index is 2.17. The van der Waals surface area contributed by atoms with Gasteiger partial charge in [-0.15, -0.1) is 5.10 Å². The van der Waals surface area contributed by atoms with Crippen molar-refractivity contribution in [1.82, 2.24) is 15.0 Å². The van der Waals surface area contributed by atoms with Gasteiger partial charge in [0.1, 0.15) is 24.1 Å². The number of halogens is 1. The van der Waals surface area contributed by atoms with Gasteiger partial charge in [-0.25, -0.2) is 4.68 Å². The van der Waals surface area contributed by atoms with Crippen LogP contribution in [0.2, 0.25) is 5.02 Å². The van der Waals surface area contributed by atoms with Gasteiger partial charge in [0.25, 0.3) is 0 Å². The van der Waals surface area contributed by atoms with Crippen molar-refractivity contribution in [3.8, 4) is 11.8 Å². The van der Waals surface area contributed by atoms with E-state index in [0.29, 0.717) is 16.5 Å². The minimum atomic E-state index is -0.989. The Labute approximate surface area is 126 Å². The summed E-state index contributed by atoms with van der Waals surface area (Å²) in [5.41, 5.74) is 0.511. The number of aliphatic hydroxyl groups is 2. The van der Waals surface area contributed by atoms with Crippen LogP contribution in [0.5, 0.6) is 5.75 Å². The fraction of sp³-hybridized carbons (Fsp3) is 0.308. The number of nitrogens with zero attached hydrogens (tertiary/aromatic N) is 4. The van der Waals surface area contributed by atoms with Crippen LogP contribution in [-0.2, 0) is 13.2 Å². The summed E-state index contributed by atoms with van der Waals surface area (Å²) in [6.45, 7) is -0.364. The lowest BCUT2D eigenvalue weighted by Gasteiger charge is -2.11. The number of nitriles is 1. The smallest absolute Gasteiger partial charge is 0.189 e. The molecule has 1 aromatic carbocycles. The van der Waals surface area contributed by atoms with Crippen LogP contribution in [0, 0.1) is 11.3 Å². The molecule has 0 fully saturated rings. The quantitative estimate of drug-likeness (QED) is 0.815. The fourth-order valence-corrected chi connectivity index (χ4v) is 1.86. The number of rotatable bonds is 6. The van der Waals surface area contributed by atoms with E-state index in [1.54, 1.807) is 24.3 Å². The molecule has 0 aliphatic heterocycles. The first-order chi connectivity index (χ1) is 10.2. The Kier molecular flexibility index (Phi) is 5.11. The van der Waals surface area contributed by atoms with Crippen molar-refractivity contribution in [2.24, 2.45) is 0 Å². The summed E-state index contributed by atoms with van der Waals surface area (Å²) < 4.78 is 6.88. The third kappa shape index (κ3) is 3.70. The molecule has 0 saturated carbocycles. The minimum Gasteiger partial charge on any atom is -0.486 e. The van der Waals surface area contributed by atoms with Crippen molar-refractivity contribution in [2.45, 2.75) is 19.3 Å². The maximum Gasteiger partial charge on any atom is 0.189 e. The first-order valence-electron chi connectivity index (χ1n) is 6.14. The highest BCUT2D eigenvalue weighted by Crippen LogP contribution is 2.24. The van der Waals surface area contributed by atoms with E-state index in [-0.39, 0.29) is 18.8 Å². The topological polar surface area (TPSA) is 104 Å². The lowest BCUT2D eigenvalue weighted by atomic mass is 10.3. The van der Waals surface area contributed by atoms with E-state index in [2.05, 4.69) is 10.3 Å². The molecule has 21 heavy (non-hydrogen) atoms. The zero-order chi connectivity index (χ0) is 15.2. The van der Waals surface area contributed by atoms with Gasteiger partial charge in [0, 0.05) is 0 Å². The Morgan fingerprint density at radius 2 is 2.19 bits per heavy atom. The Morgan fingerprint density at radius 3 is 2.86 bits per heavy atom. The molecular weight excluding hydrogens is 296 g/mol. The van der Waals surface area contributed by atoms with Gasteiger partial charge in [-0.2, -0.15) is 5.26 Å². The van der Waals surface area contributed by atoms with Crippen LogP contribution in [0.15, 0.2) is 24.3 Å². The third-order valence-corrected chi connectivity index (χ3v) is 3.05. The molecule has 1 aromatic heterocycles. The van der Waals surface area contributed by atoms with Gasteiger partial charge < -0.3 is 14.9 Å². The van der Waals surface area contributed by atoms with Gasteiger partial charge in [-0.3, -0.25) is 0 Å². The van der Waals surface area contributed by atoms with Crippen LogP contribution >= 0.6 is 11.6 Å². The molecule has 0 saturated heterocycles. The molecule has 0 aliphatic carbocycles. The monoisotopic (exact) mass is 308 g/mol. The normalized spacial score (nSPS) is 11.9. The standard InChI is InChI=1S/C13H13ClN4O3/c14-10-3-1-2-4-13(10)21-8-12-11(5-15)16-17-18(12)6-9(20)7-19/h1-4,9,19-20H,6-8H2. The van der Waals surface area contributed by atoms with E-state index in [9.17, 15) is 5.11 Å². The average molecular weight is 309 g/mol. The van der Waals surface area contributed by atoms with Crippen LogP contribution in [0.25, 0.3) is 0 Å². The van der Waals surface area contributed by atoms with Gasteiger partial charge in [0.15, 0.2) is 5.69 Å². The molecule has 1 unspecified atom stereocenters. The Bertz CT molecular complexity index is 653. The number of aliphatic hydroxyl groups excluding tert-OH is 2. The second-order valence-electron chi connectivity index (χ2n) is 4.23. The van der Waals surface area contributed by atoms with E-state index in [4.69, 9.17) is 26.7 Å². The maximum absolute atomic E-state index is 9.46. The summed E-state index contributed by atoms with van der Waals surface area (Å²) in [6, 6.07) is 8.85. The van der Waals surface area contributed by atoms with Gasteiger partial charge in [-0.1, -0.05) is 28.9 Å². The van der Waals surface area contributed by atoms with Crippen LogP contribution in [0.4, 0.5) is 0 Å². The summed E-state index contributed by atoms with van der Waals surface area (Å²) in [5.74, 6) is 0.471. The van der Waals surface area contributed by atoms with E-state index < -0.39 is 12.7 Å². The molecule has 8 heteroatoms. The third-order valence-electron chi connectivity index (χ3n) is 2.74. The molecule has 0 aliphatic rings.